The first-order chi connectivity index (χ1) is 12.6. The number of rotatable bonds is 6. The van der Waals surface area contributed by atoms with E-state index in [1.54, 1.807) is 30.2 Å². The molecule has 1 saturated heterocycles. The average molecular weight is 356 g/mol. The van der Waals surface area contributed by atoms with Crippen molar-refractivity contribution >= 4 is 11.8 Å². The van der Waals surface area contributed by atoms with Gasteiger partial charge in [0.2, 0.25) is 11.8 Å². The molecule has 26 heavy (non-hydrogen) atoms. The highest BCUT2D eigenvalue weighted by Gasteiger charge is 2.34. The molecule has 6 heteroatoms. The number of methoxy groups -OCH3 is 1. The highest BCUT2D eigenvalue weighted by molar-refractivity contribution is 5.89. The summed E-state index contributed by atoms with van der Waals surface area (Å²) in [6, 6.07) is 13.8. The Hall–Kier alpha value is -2.89. The molecule has 1 unspecified atom stereocenters. The predicted molar refractivity (Wildman–Crippen MR) is 94.8 cm³/mol. The first kappa shape index (κ1) is 17.9. The number of ether oxygens (including phenoxy) is 1. The van der Waals surface area contributed by atoms with E-state index < -0.39 is 5.92 Å². The van der Waals surface area contributed by atoms with Crippen molar-refractivity contribution in [2.45, 2.75) is 19.5 Å². The number of nitrogens with zero attached hydrogens (tertiary/aromatic N) is 1. The highest BCUT2D eigenvalue weighted by atomic mass is 19.1. The molecular weight excluding hydrogens is 335 g/mol. The van der Waals surface area contributed by atoms with Gasteiger partial charge in [0.1, 0.15) is 11.6 Å². The van der Waals surface area contributed by atoms with Gasteiger partial charge in [-0.05, 0) is 23.8 Å². The number of nitrogens with one attached hydrogen (secondary N) is 1. The molecule has 1 N–H and O–H groups in total. The molecule has 5 nitrogen and oxygen atoms in total. The third-order valence-electron chi connectivity index (χ3n) is 4.53. The van der Waals surface area contributed by atoms with Crippen molar-refractivity contribution in [3.8, 4) is 5.75 Å². The molecule has 1 heterocycles. The molecule has 2 aromatic carbocycles. The minimum absolute atomic E-state index is 0.0492. The van der Waals surface area contributed by atoms with Crippen LogP contribution in [0.25, 0.3) is 0 Å². The second-order valence-electron chi connectivity index (χ2n) is 6.33. The molecule has 1 aliphatic rings. The van der Waals surface area contributed by atoms with Gasteiger partial charge in [-0.15, -0.1) is 0 Å². The van der Waals surface area contributed by atoms with E-state index >= 15 is 0 Å². The number of amides is 2. The molecule has 0 aliphatic carbocycles. The molecular formula is C20H21FN2O3. The maximum atomic E-state index is 13.6. The Bertz CT molecular complexity index is 792. The van der Waals surface area contributed by atoms with Gasteiger partial charge in [0.05, 0.1) is 13.0 Å². The zero-order valence-electron chi connectivity index (χ0n) is 14.6. The van der Waals surface area contributed by atoms with Crippen molar-refractivity contribution in [3.63, 3.8) is 0 Å². The van der Waals surface area contributed by atoms with Crippen LogP contribution in [-0.2, 0) is 22.7 Å². The predicted octanol–water partition coefficient (Wildman–Crippen LogP) is 2.50. The number of hydrogen-bond acceptors (Lipinski definition) is 3. The lowest BCUT2D eigenvalue weighted by Gasteiger charge is -2.17. The summed E-state index contributed by atoms with van der Waals surface area (Å²) in [6.07, 6.45) is 0.180. The van der Waals surface area contributed by atoms with Crippen molar-refractivity contribution < 1.29 is 18.7 Å². The largest absolute Gasteiger partial charge is 0.497 e. The van der Waals surface area contributed by atoms with Crippen LogP contribution in [0.2, 0.25) is 0 Å². The summed E-state index contributed by atoms with van der Waals surface area (Å²) in [5, 5.41) is 2.73. The van der Waals surface area contributed by atoms with Gasteiger partial charge < -0.3 is 15.0 Å². The average Bonchev–Trinajstić information content (AvgIpc) is 3.02. The van der Waals surface area contributed by atoms with E-state index in [-0.39, 0.29) is 30.6 Å². The fourth-order valence-corrected chi connectivity index (χ4v) is 3.02. The fourth-order valence-electron chi connectivity index (χ4n) is 3.02. The van der Waals surface area contributed by atoms with Crippen molar-refractivity contribution in [1.82, 2.24) is 10.2 Å². The lowest BCUT2D eigenvalue weighted by molar-refractivity contribution is -0.129. The molecule has 2 amide bonds. The normalized spacial score (nSPS) is 16.6. The SMILES string of the molecule is COc1ccc(CN2CC(C(=O)NCc3ccccc3F)CC2=O)cc1. The zero-order valence-corrected chi connectivity index (χ0v) is 14.6. The first-order valence-electron chi connectivity index (χ1n) is 8.48. The molecule has 1 atom stereocenters. The molecule has 0 radical (unpaired) electrons. The molecule has 0 spiro atoms. The van der Waals surface area contributed by atoms with Gasteiger partial charge >= 0.3 is 0 Å². The van der Waals surface area contributed by atoms with Crippen LogP contribution in [0.1, 0.15) is 17.5 Å². The summed E-state index contributed by atoms with van der Waals surface area (Å²) in [5.74, 6) is -0.276. The van der Waals surface area contributed by atoms with Crippen LogP contribution in [0, 0.1) is 11.7 Å². The Morgan fingerprint density at radius 1 is 1.23 bits per heavy atom. The number of likely N-dealkylation sites (tertiary alicyclic amines) is 1. The fraction of sp³-hybridized carbons (Fsp3) is 0.300. The molecule has 2 aromatic rings. The maximum Gasteiger partial charge on any atom is 0.225 e. The molecule has 1 aliphatic heterocycles. The summed E-state index contributed by atoms with van der Waals surface area (Å²) in [5.41, 5.74) is 1.41. The Morgan fingerprint density at radius 3 is 2.65 bits per heavy atom. The van der Waals surface area contributed by atoms with E-state index in [4.69, 9.17) is 4.74 Å². The number of carbonyl (C=O) groups is 2. The quantitative estimate of drug-likeness (QED) is 0.865. The van der Waals surface area contributed by atoms with E-state index in [0.29, 0.717) is 18.7 Å². The molecule has 0 saturated carbocycles. The topological polar surface area (TPSA) is 58.6 Å². The minimum atomic E-state index is -0.410. The number of benzene rings is 2. The second-order valence-corrected chi connectivity index (χ2v) is 6.33. The summed E-state index contributed by atoms with van der Waals surface area (Å²) < 4.78 is 18.7. The minimum Gasteiger partial charge on any atom is -0.497 e. The second kappa shape index (κ2) is 7.99. The van der Waals surface area contributed by atoms with E-state index in [1.807, 2.05) is 24.3 Å². The van der Waals surface area contributed by atoms with Crippen molar-refractivity contribution in [1.29, 1.82) is 0 Å². The van der Waals surface area contributed by atoms with Gasteiger partial charge in [0, 0.05) is 31.6 Å². The molecule has 1 fully saturated rings. The van der Waals surface area contributed by atoms with Crippen molar-refractivity contribution in [2.24, 2.45) is 5.92 Å². The number of carbonyl (C=O) groups excluding carboxylic acids is 2. The lowest BCUT2D eigenvalue weighted by Crippen LogP contribution is -2.32. The lowest BCUT2D eigenvalue weighted by atomic mass is 10.1. The van der Waals surface area contributed by atoms with Gasteiger partial charge in [-0.25, -0.2) is 4.39 Å². The van der Waals surface area contributed by atoms with Crippen molar-refractivity contribution in [2.75, 3.05) is 13.7 Å². The van der Waals surface area contributed by atoms with Crippen LogP contribution in [0.4, 0.5) is 4.39 Å². The summed E-state index contributed by atoms with van der Waals surface area (Å²) in [4.78, 5) is 26.2. The van der Waals surface area contributed by atoms with E-state index in [0.717, 1.165) is 11.3 Å². The third-order valence-corrected chi connectivity index (χ3v) is 4.53. The molecule has 0 aromatic heterocycles. The summed E-state index contributed by atoms with van der Waals surface area (Å²) in [6.45, 7) is 0.947. The third kappa shape index (κ3) is 4.20. The van der Waals surface area contributed by atoms with E-state index in [9.17, 15) is 14.0 Å². The Labute approximate surface area is 151 Å². The smallest absolute Gasteiger partial charge is 0.225 e. The number of hydrogen-bond donors (Lipinski definition) is 1. The van der Waals surface area contributed by atoms with Gasteiger partial charge in [0.25, 0.3) is 0 Å². The zero-order chi connectivity index (χ0) is 18.5. The molecule has 136 valence electrons. The Kier molecular flexibility index (Phi) is 5.51. The standard InChI is InChI=1S/C20H21FN2O3/c1-26-17-8-6-14(7-9-17)12-23-13-16(10-19(23)24)20(25)22-11-15-4-2-3-5-18(15)21/h2-9,16H,10-13H2,1H3,(H,22,25). The van der Waals surface area contributed by atoms with Crippen molar-refractivity contribution in [3.05, 3.63) is 65.5 Å². The van der Waals surface area contributed by atoms with Gasteiger partial charge in [-0.2, -0.15) is 0 Å². The van der Waals surface area contributed by atoms with Gasteiger partial charge in [0.15, 0.2) is 0 Å². The van der Waals surface area contributed by atoms with Crippen LogP contribution in [-0.4, -0.2) is 30.4 Å². The van der Waals surface area contributed by atoms with Gasteiger partial charge in [-0.1, -0.05) is 30.3 Å². The monoisotopic (exact) mass is 356 g/mol. The maximum absolute atomic E-state index is 13.6. The Balaban J connectivity index is 1.54. The van der Waals surface area contributed by atoms with Crippen LogP contribution >= 0.6 is 0 Å². The van der Waals surface area contributed by atoms with E-state index in [1.165, 1.54) is 6.07 Å². The van der Waals surface area contributed by atoms with E-state index in [2.05, 4.69) is 5.32 Å². The van der Waals surface area contributed by atoms with Crippen LogP contribution in [0.15, 0.2) is 48.5 Å². The van der Waals surface area contributed by atoms with Gasteiger partial charge in [-0.3, -0.25) is 9.59 Å². The highest BCUT2D eigenvalue weighted by Crippen LogP contribution is 2.21. The molecule has 0 bridgehead atoms. The number of halogens is 1. The van der Waals surface area contributed by atoms with Crippen LogP contribution in [0.3, 0.4) is 0 Å². The summed E-state index contributed by atoms with van der Waals surface area (Å²) >= 11 is 0. The molecule has 3 rings (SSSR count). The van der Waals surface area contributed by atoms with Crippen LogP contribution in [0.5, 0.6) is 5.75 Å². The Morgan fingerprint density at radius 2 is 1.96 bits per heavy atom. The van der Waals surface area contributed by atoms with Crippen LogP contribution < -0.4 is 10.1 Å². The summed E-state index contributed by atoms with van der Waals surface area (Å²) in [7, 11) is 1.60. The first-order valence-corrected chi connectivity index (χ1v) is 8.48.